The summed E-state index contributed by atoms with van der Waals surface area (Å²) in [5.74, 6) is 0.658. The number of carbonyl (C=O) groups excluding carboxylic acids is 1. The summed E-state index contributed by atoms with van der Waals surface area (Å²) in [5, 5.41) is 0. The van der Waals surface area contributed by atoms with E-state index in [1.165, 1.54) is 16.7 Å². The van der Waals surface area contributed by atoms with Crippen molar-refractivity contribution < 1.29 is 14.6 Å². The molecule has 154 valence electrons. The number of amides is 1. The highest BCUT2D eigenvalue weighted by Gasteiger charge is 2.32. The van der Waals surface area contributed by atoms with E-state index in [2.05, 4.69) is 66.4 Å². The SMILES string of the molecule is Cc1ccc(C[NH+]2CCC(C(=O)N3CC[NH+](Cc4ccccc4)CC3)CC2)cc1. The van der Waals surface area contributed by atoms with Crippen LogP contribution < -0.4 is 9.80 Å². The van der Waals surface area contributed by atoms with Crippen LogP contribution >= 0.6 is 0 Å². The van der Waals surface area contributed by atoms with Crippen LogP contribution in [-0.4, -0.2) is 50.1 Å². The van der Waals surface area contributed by atoms with Crippen LogP contribution in [0.3, 0.4) is 0 Å². The Hall–Kier alpha value is -2.17. The molecule has 0 saturated carbocycles. The first-order valence-corrected chi connectivity index (χ1v) is 11.2. The largest absolute Gasteiger partial charge is 0.331 e. The molecule has 2 heterocycles. The smallest absolute Gasteiger partial charge is 0.226 e. The van der Waals surface area contributed by atoms with Gasteiger partial charge in [-0.2, -0.15) is 0 Å². The number of hydrogen-bond donors (Lipinski definition) is 2. The molecule has 2 fully saturated rings. The Morgan fingerprint density at radius 2 is 1.38 bits per heavy atom. The molecule has 2 aromatic carbocycles. The molecule has 2 N–H and O–H groups in total. The highest BCUT2D eigenvalue weighted by Crippen LogP contribution is 2.14. The van der Waals surface area contributed by atoms with Crippen molar-refractivity contribution in [1.82, 2.24) is 4.90 Å². The van der Waals surface area contributed by atoms with Crippen molar-refractivity contribution in [3.63, 3.8) is 0 Å². The lowest BCUT2D eigenvalue weighted by molar-refractivity contribution is -0.919. The van der Waals surface area contributed by atoms with E-state index in [1.807, 2.05) is 0 Å². The van der Waals surface area contributed by atoms with Gasteiger partial charge in [-0.25, -0.2) is 0 Å². The Balaban J connectivity index is 1.20. The molecular formula is C25H35N3O+2. The Bertz CT molecular complexity index is 773. The van der Waals surface area contributed by atoms with Crippen molar-refractivity contribution in [2.24, 2.45) is 5.92 Å². The van der Waals surface area contributed by atoms with Crippen LogP contribution in [0.4, 0.5) is 0 Å². The standard InChI is InChI=1S/C25H33N3O/c1-21-7-9-23(10-8-21)20-26-13-11-24(12-14-26)25(29)28-17-15-27(16-18-28)19-22-5-3-2-4-6-22/h2-10,24H,11-20H2,1H3/p+2. The lowest BCUT2D eigenvalue weighted by Crippen LogP contribution is -3.13. The lowest BCUT2D eigenvalue weighted by Gasteiger charge is -2.36. The van der Waals surface area contributed by atoms with Crippen LogP contribution in [0, 0.1) is 12.8 Å². The molecule has 0 aromatic heterocycles. The fourth-order valence-corrected chi connectivity index (χ4v) is 4.81. The topological polar surface area (TPSA) is 29.2 Å². The highest BCUT2D eigenvalue weighted by atomic mass is 16.2. The molecule has 29 heavy (non-hydrogen) atoms. The summed E-state index contributed by atoms with van der Waals surface area (Å²) in [6.45, 7) is 10.5. The van der Waals surface area contributed by atoms with Gasteiger partial charge in [0.05, 0.1) is 39.3 Å². The second kappa shape index (κ2) is 9.55. The molecule has 2 aliphatic heterocycles. The monoisotopic (exact) mass is 393 g/mol. The van der Waals surface area contributed by atoms with Crippen LogP contribution in [0.5, 0.6) is 0 Å². The minimum absolute atomic E-state index is 0.243. The van der Waals surface area contributed by atoms with Gasteiger partial charge >= 0.3 is 0 Å². The Kier molecular flexibility index (Phi) is 6.63. The predicted octanol–water partition coefficient (Wildman–Crippen LogP) is 0.717. The van der Waals surface area contributed by atoms with Gasteiger partial charge in [-0.05, 0) is 6.92 Å². The highest BCUT2D eigenvalue weighted by molar-refractivity contribution is 5.79. The molecular weight excluding hydrogens is 358 g/mol. The average Bonchev–Trinajstić information content (AvgIpc) is 2.77. The fourth-order valence-electron chi connectivity index (χ4n) is 4.81. The normalized spacial score (nSPS) is 23.1. The quantitative estimate of drug-likeness (QED) is 0.770. The minimum atomic E-state index is 0.243. The van der Waals surface area contributed by atoms with Gasteiger partial charge in [-0.3, -0.25) is 4.79 Å². The maximum Gasteiger partial charge on any atom is 0.226 e. The zero-order valence-corrected chi connectivity index (χ0v) is 17.7. The van der Waals surface area contributed by atoms with Gasteiger partial charge in [0.1, 0.15) is 13.1 Å². The van der Waals surface area contributed by atoms with E-state index >= 15 is 0 Å². The zero-order valence-electron chi connectivity index (χ0n) is 17.7. The van der Waals surface area contributed by atoms with E-state index < -0.39 is 0 Å². The summed E-state index contributed by atoms with van der Waals surface area (Å²) in [6.07, 6.45) is 2.08. The van der Waals surface area contributed by atoms with Crippen molar-refractivity contribution in [3.8, 4) is 0 Å². The molecule has 2 aromatic rings. The molecule has 0 aliphatic carbocycles. The Morgan fingerprint density at radius 3 is 2.00 bits per heavy atom. The minimum Gasteiger partial charge on any atom is -0.331 e. The van der Waals surface area contributed by atoms with Gasteiger partial charge in [0, 0.05) is 29.9 Å². The first-order valence-electron chi connectivity index (χ1n) is 11.2. The fraction of sp³-hybridized carbons (Fsp3) is 0.480. The van der Waals surface area contributed by atoms with Gasteiger partial charge in [0.2, 0.25) is 5.91 Å². The molecule has 0 unspecified atom stereocenters. The van der Waals surface area contributed by atoms with Crippen molar-refractivity contribution in [1.29, 1.82) is 0 Å². The van der Waals surface area contributed by atoms with E-state index in [4.69, 9.17) is 0 Å². The molecule has 0 atom stereocenters. The molecule has 0 radical (unpaired) electrons. The maximum absolute atomic E-state index is 13.0. The summed E-state index contributed by atoms with van der Waals surface area (Å²) in [6, 6.07) is 19.6. The van der Waals surface area contributed by atoms with Gasteiger partial charge in [0.15, 0.2) is 0 Å². The molecule has 0 spiro atoms. The molecule has 2 aliphatic rings. The predicted molar refractivity (Wildman–Crippen MR) is 116 cm³/mol. The van der Waals surface area contributed by atoms with E-state index in [9.17, 15) is 4.79 Å². The second-order valence-corrected chi connectivity index (χ2v) is 8.92. The van der Waals surface area contributed by atoms with Gasteiger partial charge < -0.3 is 14.7 Å². The van der Waals surface area contributed by atoms with Crippen LogP contribution in [0.2, 0.25) is 0 Å². The van der Waals surface area contributed by atoms with Crippen LogP contribution in [-0.2, 0) is 17.9 Å². The van der Waals surface area contributed by atoms with Crippen molar-refractivity contribution >= 4 is 5.91 Å². The molecule has 4 nitrogen and oxygen atoms in total. The van der Waals surface area contributed by atoms with Crippen molar-refractivity contribution in [2.45, 2.75) is 32.9 Å². The number of piperazine rings is 1. The second-order valence-electron chi connectivity index (χ2n) is 8.92. The molecule has 0 bridgehead atoms. The third kappa shape index (κ3) is 5.46. The third-order valence-corrected chi connectivity index (χ3v) is 6.70. The number of piperidine rings is 1. The van der Waals surface area contributed by atoms with E-state index in [-0.39, 0.29) is 5.92 Å². The number of nitrogens with zero attached hydrogens (tertiary/aromatic N) is 1. The van der Waals surface area contributed by atoms with Crippen LogP contribution in [0.25, 0.3) is 0 Å². The number of benzene rings is 2. The maximum atomic E-state index is 13.0. The summed E-state index contributed by atoms with van der Waals surface area (Å²) >= 11 is 0. The summed E-state index contributed by atoms with van der Waals surface area (Å²) in [5.41, 5.74) is 4.12. The van der Waals surface area contributed by atoms with Crippen LogP contribution in [0.15, 0.2) is 54.6 Å². The third-order valence-electron chi connectivity index (χ3n) is 6.70. The van der Waals surface area contributed by atoms with E-state index in [0.29, 0.717) is 5.91 Å². The molecule has 4 heteroatoms. The Labute approximate surface area is 175 Å². The van der Waals surface area contributed by atoms with Crippen molar-refractivity contribution in [3.05, 3.63) is 71.3 Å². The first kappa shape index (κ1) is 20.1. The van der Waals surface area contributed by atoms with Gasteiger partial charge in [-0.1, -0.05) is 60.2 Å². The number of carbonyl (C=O) groups is 1. The zero-order chi connectivity index (χ0) is 20.1. The van der Waals surface area contributed by atoms with E-state index in [0.717, 1.165) is 65.2 Å². The van der Waals surface area contributed by atoms with Crippen LogP contribution in [0.1, 0.15) is 29.5 Å². The number of nitrogens with one attached hydrogen (secondary N) is 2. The molecule has 4 rings (SSSR count). The number of rotatable bonds is 5. The lowest BCUT2D eigenvalue weighted by atomic mass is 9.94. The molecule has 2 saturated heterocycles. The first-order chi connectivity index (χ1) is 14.2. The summed E-state index contributed by atoms with van der Waals surface area (Å²) < 4.78 is 0. The molecule has 1 amide bonds. The van der Waals surface area contributed by atoms with Gasteiger partial charge in [-0.15, -0.1) is 0 Å². The summed E-state index contributed by atoms with van der Waals surface area (Å²) in [4.78, 5) is 18.4. The Morgan fingerprint density at radius 1 is 0.828 bits per heavy atom. The van der Waals surface area contributed by atoms with Gasteiger partial charge in [0.25, 0.3) is 0 Å². The number of likely N-dealkylation sites (tertiary alicyclic amines) is 1. The van der Waals surface area contributed by atoms with E-state index in [1.54, 1.807) is 9.80 Å². The van der Waals surface area contributed by atoms with Crippen molar-refractivity contribution in [2.75, 3.05) is 39.3 Å². The average molecular weight is 394 g/mol. The number of quaternary nitrogens is 2. The number of aryl methyl sites for hydroxylation is 1. The number of hydrogen-bond acceptors (Lipinski definition) is 1. The summed E-state index contributed by atoms with van der Waals surface area (Å²) in [7, 11) is 0.